The van der Waals surface area contributed by atoms with Crippen LogP contribution in [0.15, 0.2) is 49.1 Å². The molecule has 0 radical (unpaired) electrons. The van der Waals surface area contributed by atoms with Crippen LogP contribution in [0.25, 0.3) is 11.1 Å². The van der Waals surface area contributed by atoms with Crippen molar-refractivity contribution in [2.24, 2.45) is 0 Å². The van der Waals surface area contributed by atoms with Gasteiger partial charge in [0, 0.05) is 44.0 Å². The van der Waals surface area contributed by atoms with Crippen LogP contribution < -0.4 is 21.5 Å². The SMILES string of the molecule is CCCCN(CCCCC[n+]1ccc(-c2ccncc2)cc1)C(=O)OC(C)(C)C.[Br-]. The van der Waals surface area contributed by atoms with Gasteiger partial charge in [-0.05, 0) is 63.3 Å². The molecule has 0 saturated carbocycles. The Balaban J connectivity index is 0.00000450. The lowest BCUT2D eigenvalue weighted by Crippen LogP contribution is -3.00. The molecule has 0 spiro atoms. The topological polar surface area (TPSA) is 46.3 Å². The van der Waals surface area contributed by atoms with Crippen LogP contribution in [0.3, 0.4) is 0 Å². The molecule has 0 unspecified atom stereocenters. The van der Waals surface area contributed by atoms with Gasteiger partial charge >= 0.3 is 6.09 Å². The first kappa shape index (κ1) is 26.1. The fourth-order valence-electron chi connectivity index (χ4n) is 3.09. The number of carbonyl (C=O) groups excluding carboxylic acids is 1. The van der Waals surface area contributed by atoms with E-state index < -0.39 is 5.60 Å². The Morgan fingerprint density at radius 1 is 0.967 bits per heavy atom. The number of hydrogen-bond donors (Lipinski definition) is 0. The van der Waals surface area contributed by atoms with Crippen LogP contribution in [0.4, 0.5) is 4.79 Å². The third kappa shape index (κ3) is 9.70. The lowest BCUT2D eigenvalue weighted by molar-refractivity contribution is -0.697. The number of aromatic nitrogens is 2. The van der Waals surface area contributed by atoms with Crippen molar-refractivity contribution in [1.82, 2.24) is 9.88 Å². The van der Waals surface area contributed by atoms with Gasteiger partial charge in [-0.3, -0.25) is 4.98 Å². The minimum absolute atomic E-state index is 0. The lowest BCUT2D eigenvalue weighted by atomic mass is 10.1. The molecule has 5 nitrogen and oxygen atoms in total. The number of pyridine rings is 2. The summed E-state index contributed by atoms with van der Waals surface area (Å²) in [6.07, 6.45) is 13.0. The van der Waals surface area contributed by atoms with E-state index in [2.05, 4.69) is 41.0 Å². The van der Waals surface area contributed by atoms with E-state index >= 15 is 0 Å². The molecule has 1 amide bonds. The van der Waals surface area contributed by atoms with Crippen molar-refractivity contribution in [2.75, 3.05) is 13.1 Å². The molecule has 166 valence electrons. The van der Waals surface area contributed by atoms with E-state index in [9.17, 15) is 4.79 Å². The van der Waals surface area contributed by atoms with E-state index in [4.69, 9.17) is 4.74 Å². The summed E-state index contributed by atoms with van der Waals surface area (Å²) in [4.78, 5) is 18.3. The molecule has 2 aromatic heterocycles. The number of rotatable bonds is 10. The van der Waals surface area contributed by atoms with Crippen molar-refractivity contribution in [3.8, 4) is 11.1 Å². The van der Waals surface area contributed by atoms with Crippen molar-refractivity contribution >= 4 is 6.09 Å². The molecular weight excluding hydrogens is 442 g/mol. The molecule has 0 N–H and O–H groups in total. The van der Waals surface area contributed by atoms with Gasteiger partial charge in [-0.1, -0.05) is 13.3 Å². The van der Waals surface area contributed by atoms with Gasteiger partial charge in [0.05, 0.1) is 0 Å². The maximum atomic E-state index is 12.4. The predicted molar refractivity (Wildman–Crippen MR) is 116 cm³/mol. The van der Waals surface area contributed by atoms with Gasteiger partial charge in [0.15, 0.2) is 12.4 Å². The number of unbranched alkanes of at least 4 members (excludes halogenated alkanes) is 3. The zero-order valence-electron chi connectivity index (χ0n) is 18.8. The largest absolute Gasteiger partial charge is 1.00 e. The predicted octanol–water partition coefficient (Wildman–Crippen LogP) is 2.25. The number of ether oxygens (including phenoxy) is 1. The number of nitrogens with zero attached hydrogens (tertiary/aromatic N) is 3. The van der Waals surface area contributed by atoms with Crippen molar-refractivity contribution < 1.29 is 31.1 Å². The average Bonchev–Trinajstić information content (AvgIpc) is 2.70. The molecule has 2 rings (SSSR count). The second-order valence-corrected chi connectivity index (χ2v) is 8.44. The number of aryl methyl sites for hydroxylation is 1. The summed E-state index contributed by atoms with van der Waals surface area (Å²) < 4.78 is 7.77. The molecule has 0 fully saturated rings. The summed E-state index contributed by atoms with van der Waals surface area (Å²) in [5.74, 6) is 0. The van der Waals surface area contributed by atoms with Gasteiger partial charge in [0.25, 0.3) is 0 Å². The van der Waals surface area contributed by atoms with E-state index in [1.165, 1.54) is 11.1 Å². The summed E-state index contributed by atoms with van der Waals surface area (Å²) >= 11 is 0. The molecule has 0 saturated heterocycles. The Morgan fingerprint density at radius 3 is 2.17 bits per heavy atom. The molecule has 2 heterocycles. The highest BCUT2D eigenvalue weighted by atomic mass is 79.9. The van der Waals surface area contributed by atoms with Gasteiger partial charge < -0.3 is 26.6 Å². The average molecular weight is 478 g/mol. The van der Waals surface area contributed by atoms with Crippen LogP contribution >= 0.6 is 0 Å². The molecule has 2 aromatic rings. The number of hydrogen-bond acceptors (Lipinski definition) is 3. The standard InChI is InChI=1S/C24H36N3O2.BrH/c1-5-6-17-27(23(28)29-24(2,3)4)18-9-7-8-16-26-19-12-22(13-20-26)21-10-14-25-15-11-21;/h10-15,19-20H,5-9,16-18H2,1-4H3;1H/q+1;/p-1. The van der Waals surface area contributed by atoms with Gasteiger partial charge in [-0.15, -0.1) is 0 Å². The molecule has 6 heteroatoms. The summed E-state index contributed by atoms with van der Waals surface area (Å²) in [6, 6.07) is 8.33. The van der Waals surface area contributed by atoms with Crippen LogP contribution in [0.5, 0.6) is 0 Å². The van der Waals surface area contributed by atoms with Crippen LogP contribution in [-0.2, 0) is 11.3 Å². The Bertz CT molecular complexity index is 730. The molecular formula is C24H36BrN3O2. The smallest absolute Gasteiger partial charge is 0.410 e. The first-order chi connectivity index (χ1) is 13.9. The Hall–Kier alpha value is -1.95. The van der Waals surface area contributed by atoms with Gasteiger partial charge in [0.1, 0.15) is 12.1 Å². The minimum atomic E-state index is -0.444. The third-order valence-corrected chi connectivity index (χ3v) is 4.68. The van der Waals surface area contributed by atoms with Gasteiger partial charge in [0.2, 0.25) is 0 Å². The van der Waals surface area contributed by atoms with E-state index in [1.54, 1.807) is 0 Å². The number of halogens is 1. The highest BCUT2D eigenvalue weighted by Crippen LogP contribution is 2.16. The van der Waals surface area contributed by atoms with Crippen LogP contribution in [0.2, 0.25) is 0 Å². The lowest BCUT2D eigenvalue weighted by Gasteiger charge is -2.27. The normalized spacial score (nSPS) is 10.9. The molecule has 0 aromatic carbocycles. The number of carbonyl (C=O) groups is 1. The Labute approximate surface area is 192 Å². The van der Waals surface area contributed by atoms with Crippen molar-refractivity contribution in [2.45, 2.75) is 71.9 Å². The Morgan fingerprint density at radius 2 is 1.57 bits per heavy atom. The first-order valence-corrected chi connectivity index (χ1v) is 10.8. The fourth-order valence-corrected chi connectivity index (χ4v) is 3.09. The zero-order valence-corrected chi connectivity index (χ0v) is 20.4. The molecule has 0 aliphatic carbocycles. The minimum Gasteiger partial charge on any atom is -1.00 e. The van der Waals surface area contributed by atoms with Crippen LogP contribution in [0, 0.1) is 0 Å². The van der Waals surface area contributed by atoms with E-state index in [0.717, 1.165) is 51.7 Å². The van der Waals surface area contributed by atoms with Crippen LogP contribution in [-0.4, -0.2) is 34.7 Å². The Kier molecular flexibility index (Phi) is 11.6. The molecule has 0 bridgehead atoms. The third-order valence-electron chi connectivity index (χ3n) is 4.68. The van der Waals surface area contributed by atoms with E-state index in [1.807, 2.05) is 50.2 Å². The summed E-state index contributed by atoms with van der Waals surface area (Å²) in [7, 11) is 0. The second-order valence-electron chi connectivity index (χ2n) is 8.44. The van der Waals surface area contributed by atoms with Crippen LogP contribution in [0.1, 0.15) is 59.8 Å². The highest BCUT2D eigenvalue weighted by Gasteiger charge is 2.21. The van der Waals surface area contributed by atoms with Gasteiger partial charge in [-0.25, -0.2) is 9.36 Å². The summed E-state index contributed by atoms with van der Waals surface area (Å²) in [5, 5.41) is 0. The maximum absolute atomic E-state index is 12.4. The zero-order chi connectivity index (χ0) is 21.1. The molecule has 0 aliphatic rings. The molecule has 0 aliphatic heterocycles. The number of amides is 1. The molecule has 30 heavy (non-hydrogen) atoms. The highest BCUT2D eigenvalue weighted by molar-refractivity contribution is 5.68. The quantitative estimate of drug-likeness (QED) is 0.389. The first-order valence-electron chi connectivity index (χ1n) is 10.8. The van der Waals surface area contributed by atoms with E-state index in [-0.39, 0.29) is 23.1 Å². The monoisotopic (exact) mass is 477 g/mol. The van der Waals surface area contributed by atoms with Crippen molar-refractivity contribution in [3.63, 3.8) is 0 Å². The summed E-state index contributed by atoms with van der Waals surface area (Å²) in [5.41, 5.74) is 1.94. The summed E-state index contributed by atoms with van der Waals surface area (Å²) in [6.45, 7) is 10.4. The molecule has 0 atom stereocenters. The maximum Gasteiger partial charge on any atom is 0.410 e. The van der Waals surface area contributed by atoms with E-state index in [0.29, 0.717) is 0 Å². The van der Waals surface area contributed by atoms with Gasteiger partial charge in [-0.2, -0.15) is 0 Å². The van der Waals surface area contributed by atoms with Crippen molar-refractivity contribution in [1.29, 1.82) is 0 Å². The fraction of sp³-hybridized carbons (Fsp3) is 0.542. The second kappa shape index (κ2) is 13.4. The van der Waals surface area contributed by atoms with Crippen molar-refractivity contribution in [3.05, 3.63) is 49.1 Å².